The topological polar surface area (TPSA) is 350 Å². The SMILES string of the molecule is CC[C@H](C)C([C@@H](CC(=O)N1CCC[C@H]1[C@H](OC)[C@@H](C)C(=O)C[C@@H](Cc1ccccc1)c1nccs1)OC)N(C)C(=O)[C@@H](CC(=O)[C@H](C(C)C)N(C)C(=O)CCOCCOCCOCCOCCOCCOCCOCCOCCCC(=O)CCN1C(=O)CC(SCC(CC(=O)CON)C(N)=O)C1=O)C(C)C. The summed E-state index contributed by atoms with van der Waals surface area (Å²) in [6.45, 7) is 19.2. The van der Waals surface area contributed by atoms with E-state index in [1.807, 2.05) is 76.9 Å². The molecule has 0 aliphatic carbocycles. The van der Waals surface area contributed by atoms with Gasteiger partial charge in [0.2, 0.25) is 35.4 Å². The maximum atomic E-state index is 14.8. The van der Waals surface area contributed by atoms with E-state index >= 15 is 0 Å². The molecule has 3 unspecified atom stereocenters. The number of primary amides is 1. The summed E-state index contributed by atoms with van der Waals surface area (Å²) in [7, 11) is 6.52. The molecular weight excluding hydrogens is 1410 g/mol. The molecule has 11 atom stereocenters. The van der Waals surface area contributed by atoms with Gasteiger partial charge in [0.05, 0.1) is 158 Å². The van der Waals surface area contributed by atoms with Gasteiger partial charge >= 0.3 is 0 Å². The zero-order chi connectivity index (χ0) is 77.9. The zero-order valence-electron chi connectivity index (χ0n) is 64.7. The molecule has 4 rings (SSSR count). The minimum atomic E-state index is -0.841. The van der Waals surface area contributed by atoms with Gasteiger partial charge in [-0.3, -0.25) is 57.7 Å². The molecule has 2 aromatic rings. The maximum Gasteiger partial charge on any atom is 0.242 e. The van der Waals surface area contributed by atoms with Gasteiger partial charge in [-0.2, -0.15) is 0 Å². The van der Waals surface area contributed by atoms with Crippen LogP contribution in [0.2, 0.25) is 0 Å². The first kappa shape index (κ1) is 92.8. The summed E-state index contributed by atoms with van der Waals surface area (Å²) >= 11 is 2.63. The maximum absolute atomic E-state index is 14.8. The number of Topliss-reactive ketones (excluding diaryl/α,β-unsaturated/α-hetero) is 4. The Hall–Kier alpha value is -5.58. The van der Waals surface area contributed by atoms with Gasteiger partial charge in [0.25, 0.3) is 0 Å². The number of nitrogens with two attached hydrogens (primary N) is 2. The fourth-order valence-corrected chi connectivity index (χ4v) is 15.4. The van der Waals surface area contributed by atoms with Crippen LogP contribution in [-0.2, 0) is 107 Å². The number of ketones is 4. The van der Waals surface area contributed by atoms with Gasteiger partial charge in [-0.15, -0.1) is 23.1 Å². The third-order valence-corrected chi connectivity index (χ3v) is 21.8. The first-order valence-corrected chi connectivity index (χ1v) is 39.4. The highest BCUT2D eigenvalue weighted by atomic mass is 32.2. The highest BCUT2D eigenvalue weighted by molar-refractivity contribution is 8.00. The molecule has 0 bridgehead atoms. The van der Waals surface area contributed by atoms with Crippen molar-refractivity contribution in [1.82, 2.24) is 24.6 Å². The number of imide groups is 1. The third-order valence-electron chi connectivity index (χ3n) is 19.5. The van der Waals surface area contributed by atoms with Crippen LogP contribution in [0.3, 0.4) is 0 Å². The zero-order valence-corrected chi connectivity index (χ0v) is 66.3. The Kier molecular flexibility index (Phi) is 46.0. The van der Waals surface area contributed by atoms with Crippen molar-refractivity contribution in [2.45, 2.75) is 173 Å². The van der Waals surface area contributed by atoms with Crippen LogP contribution in [0.25, 0.3) is 0 Å². The van der Waals surface area contributed by atoms with E-state index in [0.29, 0.717) is 131 Å². The molecule has 30 heteroatoms. The molecule has 1 aromatic heterocycles. The fraction of sp³-hybridized carbons (Fsp3) is 0.750. The molecule has 2 saturated heterocycles. The minimum Gasteiger partial charge on any atom is -0.379 e. The predicted molar refractivity (Wildman–Crippen MR) is 400 cm³/mol. The normalized spacial score (nSPS) is 17.3. The number of nitrogens with zero attached hydrogens (tertiary/aromatic N) is 5. The van der Waals surface area contributed by atoms with E-state index in [1.165, 1.54) is 4.90 Å². The van der Waals surface area contributed by atoms with Crippen molar-refractivity contribution in [3.63, 3.8) is 0 Å². The second-order valence-electron chi connectivity index (χ2n) is 27.8. The second-order valence-corrected chi connectivity index (χ2v) is 30.0. The number of likely N-dealkylation sites (N-methyl/N-ethyl adjacent to an activating group) is 2. The van der Waals surface area contributed by atoms with Crippen molar-refractivity contribution >= 4 is 81.7 Å². The number of hydrogen-bond acceptors (Lipinski definition) is 25. The molecule has 28 nitrogen and oxygen atoms in total. The summed E-state index contributed by atoms with van der Waals surface area (Å²) in [6.07, 6.45) is 4.09. The molecule has 106 heavy (non-hydrogen) atoms. The highest BCUT2D eigenvalue weighted by Gasteiger charge is 2.45. The monoisotopic (exact) mass is 1530 g/mol. The van der Waals surface area contributed by atoms with Crippen molar-refractivity contribution < 1.29 is 100 Å². The van der Waals surface area contributed by atoms with Crippen molar-refractivity contribution in [2.24, 2.45) is 47.1 Å². The molecule has 0 spiro atoms. The van der Waals surface area contributed by atoms with Gasteiger partial charge in [-0.1, -0.05) is 85.2 Å². The number of carbonyl (C=O) groups excluding carboxylic acids is 10. The number of methoxy groups -OCH3 is 2. The molecule has 2 fully saturated rings. The summed E-state index contributed by atoms with van der Waals surface area (Å²) < 4.78 is 57.0. The summed E-state index contributed by atoms with van der Waals surface area (Å²) in [5, 5.41) is 2.12. The van der Waals surface area contributed by atoms with E-state index in [4.69, 9.17) is 59.0 Å². The molecule has 4 N–H and O–H groups in total. The molecule has 6 amide bonds. The Bertz CT molecular complexity index is 2920. The van der Waals surface area contributed by atoms with Crippen LogP contribution in [0.1, 0.15) is 142 Å². The van der Waals surface area contributed by atoms with Crippen LogP contribution in [-0.4, -0.2) is 278 Å². The number of aromatic nitrogens is 1. The third kappa shape index (κ3) is 32.9. The minimum absolute atomic E-state index is 0.00111. The number of carbonyl (C=O) groups is 10. The number of benzene rings is 1. The first-order chi connectivity index (χ1) is 50.9. The van der Waals surface area contributed by atoms with E-state index in [0.717, 1.165) is 33.7 Å². The largest absolute Gasteiger partial charge is 0.379 e. The molecule has 2 aliphatic heterocycles. The average molecular weight is 1530 g/mol. The van der Waals surface area contributed by atoms with Crippen molar-refractivity contribution in [2.75, 3.05) is 159 Å². The van der Waals surface area contributed by atoms with Gasteiger partial charge in [0, 0.05) is 122 Å². The number of amides is 6. The molecule has 3 heterocycles. The fourth-order valence-electron chi connectivity index (χ4n) is 13.4. The lowest BCUT2D eigenvalue weighted by Crippen LogP contribution is -2.54. The summed E-state index contributed by atoms with van der Waals surface area (Å²) in [5.74, 6) is -0.560. The number of hydrogen-bond donors (Lipinski definition) is 2. The van der Waals surface area contributed by atoms with Crippen molar-refractivity contribution in [3.8, 4) is 0 Å². The predicted octanol–water partition coefficient (Wildman–Crippen LogP) is 6.14. The smallest absolute Gasteiger partial charge is 0.242 e. The number of likely N-dealkylation sites (tertiary alicyclic amines) is 2. The van der Waals surface area contributed by atoms with Gasteiger partial charge in [0.15, 0.2) is 11.6 Å². The molecule has 1 aromatic carbocycles. The van der Waals surface area contributed by atoms with E-state index in [1.54, 1.807) is 50.7 Å². The van der Waals surface area contributed by atoms with Crippen molar-refractivity contribution in [1.29, 1.82) is 0 Å². The highest BCUT2D eigenvalue weighted by Crippen LogP contribution is 2.35. The Labute approximate surface area is 635 Å². The van der Waals surface area contributed by atoms with Gasteiger partial charge in [-0.25, -0.2) is 10.9 Å². The van der Waals surface area contributed by atoms with Crippen LogP contribution < -0.4 is 11.6 Å². The second kappa shape index (κ2) is 52.5. The van der Waals surface area contributed by atoms with Crippen molar-refractivity contribution in [3.05, 3.63) is 52.5 Å². The number of ether oxygens (including phenoxy) is 10. The molecule has 0 saturated carbocycles. The van der Waals surface area contributed by atoms with E-state index < -0.39 is 70.8 Å². The van der Waals surface area contributed by atoms with E-state index in [2.05, 4.69) is 22.0 Å². The van der Waals surface area contributed by atoms with Gasteiger partial charge in [-0.05, 0) is 49.0 Å². The van der Waals surface area contributed by atoms with Crippen LogP contribution >= 0.6 is 23.1 Å². The molecular formula is C76H123N7O21S2. The summed E-state index contributed by atoms with van der Waals surface area (Å²) in [4.78, 5) is 148. The van der Waals surface area contributed by atoms with Crippen LogP contribution in [0.4, 0.5) is 0 Å². The van der Waals surface area contributed by atoms with E-state index in [9.17, 15) is 47.9 Å². The lowest BCUT2D eigenvalue weighted by atomic mass is 9.83. The lowest BCUT2D eigenvalue weighted by Gasteiger charge is -2.41. The average Bonchev–Trinajstić information content (AvgIpc) is 1.39. The van der Waals surface area contributed by atoms with Gasteiger partial charge < -0.3 is 67.8 Å². The Morgan fingerprint density at radius 1 is 0.679 bits per heavy atom. The molecule has 2 aliphatic rings. The molecule has 0 radical (unpaired) electrons. The Balaban J connectivity index is 1.02. The van der Waals surface area contributed by atoms with Crippen LogP contribution in [0, 0.1) is 35.5 Å². The lowest BCUT2D eigenvalue weighted by molar-refractivity contribution is -0.149. The number of thiazole rings is 1. The number of thioether (sulfide) groups is 1. The van der Waals surface area contributed by atoms with Crippen LogP contribution in [0.5, 0.6) is 0 Å². The standard InChI is InChI=1S/C76H123N7O21S2/c1-12-54(6)71(65(94-10)48-68(89)82-25-16-21-62(82)72(95-11)55(7)63(86)46-57(74-79-24-43-105-74)44-56-18-14-13-15-19-56)81(9)75(92)61(52(2)3)47-64(87)70(53(4)5)80(8)67(88)23-28-97-30-32-99-34-36-101-38-40-103-42-41-102-39-37-100-35-33-98-31-29-96-27-17-20-59(84)22-26-83-69(90)49-66(76(83)93)106-51-58(73(77)91)45-60(85)50-104-78/h13-15,18-19,24,43,52-55,57-58,61-62,65-66,70-72H,12,16-17,20-23,25-42,44-51,78H2,1-11H3,(H2,77,91)/t54-,55-,57+,58?,61-,62-,65+,66?,70-,71?,72+/m0/s1. The number of rotatable bonds is 62. The van der Waals surface area contributed by atoms with Gasteiger partial charge in [0.1, 0.15) is 18.2 Å². The Morgan fingerprint density at radius 3 is 1.76 bits per heavy atom. The Morgan fingerprint density at radius 2 is 1.25 bits per heavy atom. The first-order valence-electron chi connectivity index (χ1n) is 37.5. The summed E-state index contributed by atoms with van der Waals surface area (Å²) in [6, 6.07) is 8.47. The quantitative estimate of drug-likeness (QED) is 0.0427. The summed E-state index contributed by atoms with van der Waals surface area (Å²) in [5.41, 5.74) is 6.53. The molecule has 600 valence electrons. The van der Waals surface area contributed by atoms with Crippen LogP contribution in [0.15, 0.2) is 41.9 Å². The van der Waals surface area contributed by atoms with E-state index in [-0.39, 0.29) is 142 Å².